The van der Waals surface area contributed by atoms with E-state index in [-0.39, 0.29) is 12.5 Å². The van der Waals surface area contributed by atoms with Crippen molar-refractivity contribution in [1.29, 1.82) is 0 Å². The predicted molar refractivity (Wildman–Crippen MR) is 77.1 cm³/mol. The number of amides is 1. The number of para-hydroxylation sites is 1. The van der Waals surface area contributed by atoms with Crippen LogP contribution in [0.3, 0.4) is 0 Å². The Morgan fingerprint density at radius 1 is 1.42 bits per heavy atom. The molecule has 0 saturated heterocycles. The van der Waals surface area contributed by atoms with Gasteiger partial charge in [-0.25, -0.2) is 0 Å². The van der Waals surface area contributed by atoms with E-state index in [1.165, 1.54) is 0 Å². The number of benzene rings is 1. The molecule has 0 aliphatic heterocycles. The Morgan fingerprint density at radius 2 is 2.21 bits per heavy atom. The molecule has 19 heavy (non-hydrogen) atoms. The van der Waals surface area contributed by atoms with E-state index in [1.54, 1.807) is 6.08 Å². The van der Waals surface area contributed by atoms with Crippen molar-refractivity contribution in [2.45, 2.75) is 19.9 Å². The van der Waals surface area contributed by atoms with Gasteiger partial charge in [0.05, 0.1) is 0 Å². The summed E-state index contributed by atoms with van der Waals surface area (Å²) in [6, 6.07) is 7.75. The van der Waals surface area contributed by atoms with E-state index in [1.807, 2.05) is 24.3 Å². The van der Waals surface area contributed by atoms with Crippen LogP contribution in [0.2, 0.25) is 0 Å². The molecule has 0 aliphatic rings. The highest BCUT2D eigenvalue weighted by Crippen LogP contribution is 2.17. The van der Waals surface area contributed by atoms with Gasteiger partial charge in [0.1, 0.15) is 5.75 Å². The van der Waals surface area contributed by atoms with Gasteiger partial charge in [-0.05, 0) is 19.0 Å². The molecule has 4 nitrogen and oxygen atoms in total. The number of rotatable bonds is 9. The molecule has 4 heteroatoms. The van der Waals surface area contributed by atoms with Gasteiger partial charge in [-0.3, -0.25) is 4.79 Å². The molecule has 1 rings (SSSR count). The van der Waals surface area contributed by atoms with Crippen molar-refractivity contribution >= 4 is 5.91 Å². The molecule has 0 atom stereocenters. The van der Waals surface area contributed by atoms with Crippen LogP contribution in [0, 0.1) is 0 Å². The Labute approximate surface area is 114 Å². The summed E-state index contributed by atoms with van der Waals surface area (Å²) in [6.45, 7) is 7.87. The second-order valence-electron chi connectivity index (χ2n) is 4.17. The highest BCUT2D eigenvalue weighted by molar-refractivity contribution is 5.77. The van der Waals surface area contributed by atoms with E-state index in [0.717, 1.165) is 30.8 Å². The monoisotopic (exact) mass is 262 g/mol. The largest absolute Gasteiger partial charge is 0.483 e. The summed E-state index contributed by atoms with van der Waals surface area (Å²) in [7, 11) is 0. The van der Waals surface area contributed by atoms with Crippen LogP contribution in [-0.2, 0) is 11.3 Å². The van der Waals surface area contributed by atoms with Crippen molar-refractivity contribution in [3.05, 3.63) is 42.5 Å². The molecule has 0 aromatic heterocycles. The molecule has 0 radical (unpaired) electrons. The quantitative estimate of drug-likeness (QED) is 0.527. The molecule has 1 aromatic carbocycles. The lowest BCUT2D eigenvalue weighted by atomic mass is 10.2. The fraction of sp³-hybridized carbons (Fsp3) is 0.400. The molecule has 0 aliphatic carbocycles. The van der Waals surface area contributed by atoms with Gasteiger partial charge in [0.15, 0.2) is 6.61 Å². The van der Waals surface area contributed by atoms with Crippen LogP contribution in [0.25, 0.3) is 0 Å². The zero-order valence-electron chi connectivity index (χ0n) is 11.4. The van der Waals surface area contributed by atoms with E-state index in [2.05, 4.69) is 24.1 Å². The van der Waals surface area contributed by atoms with E-state index in [4.69, 9.17) is 4.74 Å². The summed E-state index contributed by atoms with van der Waals surface area (Å²) < 4.78 is 5.54. The van der Waals surface area contributed by atoms with Gasteiger partial charge < -0.3 is 15.4 Å². The SMILES string of the molecule is C=CCNC(=O)COc1ccccc1CNCCC. The normalized spacial score (nSPS) is 9.95. The fourth-order valence-electron chi connectivity index (χ4n) is 1.57. The zero-order chi connectivity index (χ0) is 13.9. The summed E-state index contributed by atoms with van der Waals surface area (Å²) in [6.07, 6.45) is 2.73. The Balaban J connectivity index is 2.47. The number of ether oxygens (including phenoxy) is 1. The van der Waals surface area contributed by atoms with Crippen LogP contribution in [0.5, 0.6) is 5.75 Å². The summed E-state index contributed by atoms with van der Waals surface area (Å²) in [5.41, 5.74) is 1.06. The van der Waals surface area contributed by atoms with Crippen LogP contribution in [-0.4, -0.2) is 25.6 Å². The third-order valence-corrected chi connectivity index (χ3v) is 2.52. The third-order valence-electron chi connectivity index (χ3n) is 2.52. The maximum Gasteiger partial charge on any atom is 0.258 e. The summed E-state index contributed by atoms with van der Waals surface area (Å²) in [4.78, 5) is 11.4. The first-order valence-electron chi connectivity index (χ1n) is 6.57. The number of hydrogen-bond donors (Lipinski definition) is 2. The molecule has 104 valence electrons. The first-order chi connectivity index (χ1) is 9.27. The van der Waals surface area contributed by atoms with Gasteiger partial charge in [-0.1, -0.05) is 31.2 Å². The van der Waals surface area contributed by atoms with Crippen molar-refractivity contribution in [2.75, 3.05) is 19.7 Å². The van der Waals surface area contributed by atoms with Crippen LogP contribution in [0.15, 0.2) is 36.9 Å². The molecule has 1 amide bonds. The van der Waals surface area contributed by atoms with E-state index in [9.17, 15) is 4.79 Å². The van der Waals surface area contributed by atoms with Crippen molar-refractivity contribution in [3.63, 3.8) is 0 Å². The molecule has 0 heterocycles. The summed E-state index contributed by atoms with van der Waals surface area (Å²) in [5, 5.41) is 6.00. The fourth-order valence-corrected chi connectivity index (χ4v) is 1.57. The molecule has 1 aromatic rings. The zero-order valence-corrected chi connectivity index (χ0v) is 11.4. The number of hydrogen-bond acceptors (Lipinski definition) is 3. The van der Waals surface area contributed by atoms with Crippen LogP contribution in [0.1, 0.15) is 18.9 Å². The highest BCUT2D eigenvalue weighted by Gasteiger charge is 2.05. The Hall–Kier alpha value is -1.81. The lowest BCUT2D eigenvalue weighted by molar-refractivity contribution is -0.122. The van der Waals surface area contributed by atoms with E-state index >= 15 is 0 Å². The lowest BCUT2D eigenvalue weighted by Crippen LogP contribution is -2.29. The number of nitrogens with one attached hydrogen (secondary N) is 2. The van der Waals surface area contributed by atoms with Crippen LogP contribution in [0.4, 0.5) is 0 Å². The smallest absolute Gasteiger partial charge is 0.258 e. The molecular formula is C15H22N2O2. The topological polar surface area (TPSA) is 50.4 Å². The average molecular weight is 262 g/mol. The average Bonchev–Trinajstić information content (AvgIpc) is 2.44. The van der Waals surface area contributed by atoms with Gasteiger partial charge in [0.2, 0.25) is 0 Å². The van der Waals surface area contributed by atoms with E-state index < -0.39 is 0 Å². The number of carbonyl (C=O) groups is 1. The molecule has 0 fully saturated rings. The Kier molecular flexibility index (Phi) is 7.35. The molecule has 0 unspecified atom stereocenters. The van der Waals surface area contributed by atoms with Crippen molar-refractivity contribution in [2.24, 2.45) is 0 Å². The van der Waals surface area contributed by atoms with Gasteiger partial charge in [-0.2, -0.15) is 0 Å². The maximum absolute atomic E-state index is 11.4. The highest BCUT2D eigenvalue weighted by atomic mass is 16.5. The summed E-state index contributed by atoms with van der Waals surface area (Å²) in [5.74, 6) is 0.607. The minimum absolute atomic E-state index is 0.0264. The summed E-state index contributed by atoms with van der Waals surface area (Å²) >= 11 is 0. The molecule has 0 spiro atoms. The van der Waals surface area contributed by atoms with Crippen molar-refractivity contribution in [1.82, 2.24) is 10.6 Å². The first-order valence-corrected chi connectivity index (χ1v) is 6.57. The van der Waals surface area contributed by atoms with Crippen molar-refractivity contribution < 1.29 is 9.53 Å². The molecule has 0 bridgehead atoms. The lowest BCUT2D eigenvalue weighted by Gasteiger charge is -2.11. The van der Waals surface area contributed by atoms with Crippen molar-refractivity contribution in [3.8, 4) is 5.75 Å². The second-order valence-corrected chi connectivity index (χ2v) is 4.17. The maximum atomic E-state index is 11.4. The van der Waals surface area contributed by atoms with Gasteiger partial charge in [0, 0.05) is 18.7 Å². The minimum Gasteiger partial charge on any atom is -0.483 e. The number of carbonyl (C=O) groups excluding carboxylic acids is 1. The predicted octanol–water partition coefficient (Wildman–Crippen LogP) is 1.87. The third kappa shape index (κ3) is 6.06. The van der Waals surface area contributed by atoms with Gasteiger partial charge in [0.25, 0.3) is 5.91 Å². The second kappa shape index (κ2) is 9.16. The standard InChI is InChI=1S/C15H22N2O2/c1-3-9-16-11-13-7-5-6-8-14(13)19-12-15(18)17-10-4-2/h4-8,16H,2-3,9-12H2,1H3,(H,17,18). The van der Waals surface area contributed by atoms with Crippen LogP contribution < -0.4 is 15.4 Å². The minimum atomic E-state index is -0.142. The Morgan fingerprint density at radius 3 is 2.95 bits per heavy atom. The molecule has 2 N–H and O–H groups in total. The van der Waals surface area contributed by atoms with E-state index in [0.29, 0.717) is 6.54 Å². The Bertz CT molecular complexity index is 405. The van der Waals surface area contributed by atoms with Crippen LogP contribution >= 0.6 is 0 Å². The first kappa shape index (κ1) is 15.2. The molecule has 0 saturated carbocycles. The van der Waals surface area contributed by atoms with Gasteiger partial charge in [-0.15, -0.1) is 6.58 Å². The molecular weight excluding hydrogens is 240 g/mol. The van der Waals surface area contributed by atoms with Gasteiger partial charge >= 0.3 is 0 Å².